The van der Waals surface area contributed by atoms with Crippen molar-refractivity contribution in [1.29, 1.82) is 0 Å². The van der Waals surface area contributed by atoms with Crippen molar-refractivity contribution in [1.82, 2.24) is 9.55 Å². The number of hydrogen-bond donors (Lipinski definition) is 0. The third-order valence-corrected chi connectivity index (χ3v) is 3.70. The zero-order valence-electron chi connectivity index (χ0n) is 11.1. The lowest BCUT2D eigenvalue weighted by molar-refractivity contribution is -0.137. The molecule has 1 aliphatic heterocycles. The van der Waals surface area contributed by atoms with Crippen LogP contribution < -0.4 is 5.56 Å². The van der Waals surface area contributed by atoms with Gasteiger partial charge in [0.15, 0.2) is 0 Å². The molecule has 2 heterocycles. The Kier molecular flexibility index (Phi) is 3.44. The zero-order valence-corrected chi connectivity index (χ0v) is 11.1. The Morgan fingerprint density at radius 2 is 1.95 bits per heavy atom. The van der Waals surface area contributed by atoms with Crippen molar-refractivity contribution in [3.05, 3.63) is 40.4 Å². The summed E-state index contributed by atoms with van der Waals surface area (Å²) in [6.07, 6.45) is -1.70. The second kappa shape index (κ2) is 5.14. The number of aromatic nitrogens is 2. The number of ether oxygens (including phenoxy) is 1. The van der Waals surface area contributed by atoms with Crippen LogP contribution in [0.25, 0.3) is 10.9 Å². The molecule has 0 unspecified atom stereocenters. The first kappa shape index (κ1) is 14.1. The van der Waals surface area contributed by atoms with Crippen LogP contribution in [-0.4, -0.2) is 22.8 Å². The average Bonchev–Trinajstić information content (AvgIpc) is 2.47. The van der Waals surface area contributed by atoms with Crippen LogP contribution in [0, 0.1) is 0 Å². The molecule has 0 aliphatic carbocycles. The van der Waals surface area contributed by atoms with E-state index in [4.69, 9.17) is 4.74 Å². The van der Waals surface area contributed by atoms with E-state index < -0.39 is 11.7 Å². The molecule has 4 nitrogen and oxygen atoms in total. The second-order valence-corrected chi connectivity index (χ2v) is 5.03. The second-order valence-electron chi connectivity index (χ2n) is 5.03. The van der Waals surface area contributed by atoms with Gasteiger partial charge in [-0.05, 0) is 31.0 Å². The molecule has 1 aromatic carbocycles. The first-order valence-electron chi connectivity index (χ1n) is 6.62. The van der Waals surface area contributed by atoms with Gasteiger partial charge in [-0.15, -0.1) is 0 Å². The Balaban J connectivity index is 2.07. The summed E-state index contributed by atoms with van der Waals surface area (Å²) >= 11 is 0. The largest absolute Gasteiger partial charge is 0.416 e. The molecule has 0 atom stereocenters. The van der Waals surface area contributed by atoms with Crippen molar-refractivity contribution in [3.8, 4) is 0 Å². The molecule has 3 rings (SSSR count). The first-order valence-corrected chi connectivity index (χ1v) is 6.62. The Morgan fingerprint density at radius 1 is 1.24 bits per heavy atom. The molecule has 1 saturated heterocycles. The summed E-state index contributed by atoms with van der Waals surface area (Å²) in [6.45, 7) is 1.14. The van der Waals surface area contributed by atoms with Crippen molar-refractivity contribution in [3.63, 3.8) is 0 Å². The summed E-state index contributed by atoms with van der Waals surface area (Å²) in [7, 11) is 0. The van der Waals surface area contributed by atoms with Crippen LogP contribution in [-0.2, 0) is 10.9 Å². The van der Waals surface area contributed by atoms with E-state index in [1.165, 1.54) is 17.0 Å². The fourth-order valence-electron chi connectivity index (χ4n) is 2.53. The molecule has 1 fully saturated rings. The number of halogens is 3. The molecule has 112 valence electrons. The minimum absolute atomic E-state index is 0.00885. The molecule has 0 radical (unpaired) electrons. The maximum Gasteiger partial charge on any atom is 0.416 e. The van der Waals surface area contributed by atoms with E-state index in [0.717, 1.165) is 12.1 Å². The summed E-state index contributed by atoms with van der Waals surface area (Å²) in [6, 6.07) is 3.01. The minimum Gasteiger partial charge on any atom is -0.381 e. The monoisotopic (exact) mass is 298 g/mol. The standard InChI is InChI=1S/C14H13F3N2O2/c15-14(16,17)9-1-2-11-12(7-9)18-8-19(13(11)20)10-3-5-21-6-4-10/h1-2,7-8,10H,3-6H2. The molecule has 1 aromatic heterocycles. The Morgan fingerprint density at radius 3 is 2.62 bits per heavy atom. The Bertz CT molecular complexity index is 718. The molecular weight excluding hydrogens is 285 g/mol. The van der Waals surface area contributed by atoms with Gasteiger partial charge in [-0.25, -0.2) is 4.98 Å². The van der Waals surface area contributed by atoms with E-state index in [0.29, 0.717) is 26.1 Å². The predicted octanol–water partition coefficient (Wildman–Crippen LogP) is 2.77. The third kappa shape index (κ3) is 2.65. The lowest BCUT2D eigenvalue weighted by Crippen LogP contribution is -2.29. The highest BCUT2D eigenvalue weighted by Crippen LogP contribution is 2.30. The van der Waals surface area contributed by atoms with Crippen LogP contribution in [0.1, 0.15) is 24.4 Å². The van der Waals surface area contributed by atoms with Crippen molar-refractivity contribution in [2.45, 2.75) is 25.1 Å². The molecule has 21 heavy (non-hydrogen) atoms. The summed E-state index contributed by atoms with van der Waals surface area (Å²) in [5.41, 5.74) is -1.04. The molecule has 0 amide bonds. The van der Waals surface area contributed by atoms with Crippen LogP contribution in [0.3, 0.4) is 0 Å². The Hall–Kier alpha value is -1.89. The van der Waals surface area contributed by atoms with Crippen molar-refractivity contribution in [2.75, 3.05) is 13.2 Å². The maximum absolute atomic E-state index is 12.7. The fourth-order valence-corrected chi connectivity index (χ4v) is 2.53. The summed E-state index contributed by atoms with van der Waals surface area (Å²) < 4.78 is 44.7. The van der Waals surface area contributed by atoms with Gasteiger partial charge in [0, 0.05) is 19.3 Å². The fraction of sp³-hybridized carbons (Fsp3) is 0.429. The van der Waals surface area contributed by atoms with Crippen LogP contribution in [0.5, 0.6) is 0 Å². The van der Waals surface area contributed by atoms with Gasteiger partial charge < -0.3 is 4.74 Å². The smallest absolute Gasteiger partial charge is 0.381 e. The number of fused-ring (bicyclic) bond motifs is 1. The number of benzene rings is 1. The van der Waals surface area contributed by atoms with Crippen molar-refractivity contribution in [2.24, 2.45) is 0 Å². The molecule has 1 aliphatic rings. The van der Waals surface area contributed by atoms with Crippen molar-refractivity contribution < 1.29 is 17.9 Å². The summed E-state index contributed by atoms with van der Waals surface area (Å²) in [5, 5.41) is 0.206. The number of hydrogen-bond acceptors (Lipinski definition) is 3. The molecular formula is C14H13F3N2O2. The molecule has 0 N–H and O–H groups in total. The number of alkyl halides is 3. The van der Waals surface area contributed by atoms with Gasteiger partial charge in [-0.2, -0.15) is 13.2 Å². The van der Waals surface area contributed by atoms with E-state index in [-0.39, 0.29) is 22.5 Å². The van der Waals surface area contributed by atoms with E-state index in [9.17, 15) is 18.0 Å². The van der Waals surface area contributed by atoms with Gasteiger partial charge in [0.05, 0.1) is 22.8 Å². The summed E-state index contributed by atoms with van der Waals surface area (Å²) in [5.74, 6) is 0. The zero-order chi connectivity index (χ0) is 15.0. The first-order chi connectivity index (χ1) is 9.97. The number of nitrogens with zero attached hydrogens (tertiary/aromatic N) is 2. The molecule has 0 bridgehead atoms. The van der Waals surface area contributed by atoms with Gasteiger partial charge in [0.1, 0.15) is 0 Å². The van der Waals surface area contributed by atoms with Crippen LogP contribution in [0.15, 0.2) is 29.3 Å². The van der Waals surface area contributed by atoms with E-state index >= 15 is 0 Å². The SMILES string of the molecule is O=c1c2ccc(C(F)(F)F)cc2ncn1C1CCOCC1. The average molecular weight is 298 g/mol. The third-order valence-electron chi connectivity index (χ3n) is 3.70. The van der Waals surface area contributed by atoms with Crippen molar-refractivity contribution >= 4 is 10.9 Å². The highest BCUT2D eigenvalue weighted by Gasteiger charge is 2.31. The Labute approximate surface area is 118 Å². The van der Waals surface area contributed by atoms with Gasteiger partial charge in [-0.3, -0.25) is 9.36 Å². The number of rotatable bonds is 1. The molecule has 7 heteroatoms. The lowest BCUT2D eigenvalue weighted by Gasteiger charge is -2.24. The topological polar surface area (TPSA) is 44.1 Å². The van der Waals surface area contributed by atoms with Crippen LogP contribution in [0.4, 0.5) is 13.2 Å². The van der Waals surface area contributed by atoms with E-state index in [1.807, 2.05) is 0 Å². The summed E-state index contributed by atoms with van der Waals surface area (Å²) in [4.78, 5) is 16.4. The van der Waals surface area contributed by atoms with E-state index in [2.05, 4.69) is 4.98 Å². The lowest BCUT2D eigenvalue weighted by atomic mass is 10.1. The van der Waals surface area contributed by atoms with E-state index in [1.54, 1.807) is 0 Å². The van der Waals surface area contributed by atoms with Gasteiger partial charge in [0.2, 0.25) is 0 Å². The van der Waals surface area contributed by atoms with Crippen LogP contribution >= 0.6 is 0 Å². The van der Waals surface area contributed by atoms with Gasteiger partial charge in [-0.1, -0.05) is 0 Å². The highest BCUT2D eigenvalue weighted by molar-refractivity contribution is 5.78. The normalized spacial score (nSPS) is 17.3. The van der Waals surface area contributed by atoms with Gasteiger partial charge >= 0.3 is 6.18 Å². The van der Waals surface area contributed by atoms with Crippen LogP contribution in [0.2, 0.25) is 0 Å². The maximum atomic E-state index is 12.7. The van der Waals surface area contributed by atoms with Gasteiger partial charge in [0.25, 0.3) is 5.56 Å². The molecule has 0 saturated carbocycles. The predicted molar refractivity (Wildman–Crippen MR) is 70.1 cm³/mol. The molecule has 2 aromatic rings. The minimum atomic E-state index is -4.44. The molecule has 0 spiro atoms. The quantitative estimate of drug-likeness (QED) is 0.813. The highest BCUT2D eigenvalue weighted by atomic mass is 19.4.